The third kappa shape index (κ3) is 9.58. The molecule has 13 rings (SSSR count). The summed E-state index contributed by atoms with van der Waals surface area (Å²) in [5.41, 5.74) is 30.1. The molecule has 10 aromatic carbocycles. The van der Waals surface area contributed by atoms with Crippen molar-refractivity contribution in [3.63, 3.8) is 0 Å². The van der Waals surface area contributed by atoms with Gasteiger partial charge < -0.3 is 19.6 Å². The van der Waals surface area contributed by atoms with Crippen molar-refractivity contribution in [1.82, 2.24) is 0 Å². The fourth-order valence-electron chi connectivity index (χ4n) is 12.8. The van der Waals surface area contributed by atoms with Crippen molar-refractivity contribution in [1.29, 1.82) is 0 Å². The van der Waals surface area contributed by atoms with Gasteiger partial charge in [0.25, 0.3) is 0 Å². The van der Waals surface area contributed by atoms with E-state index in [0.29, 0.717) is 0 Å². The molecular formula is C80H70N4. The molecule has 0 aromatic heterocycles. The minimum absolute atomic E-state index is 0.840. The Labute approximate surface area is 497 Å². The number of hydrogen-bond donors (Lipinski definition) is 0. The van der Waals surface area contributed by atoms with E-state index in [-0.39, 0.29) is 0 Å². The number of hydrogen-bond acceptors (Lipinski definition) is 4. The summed E-state index contributed by atoms with van der Waals surface area (Å²) in [5, 5.41) is 0. The maximum absolute atomic E-state index is 4.78. The molecule has 4 nitrogen and oxygen atoms in total. The molecule has 84 heavy (non-hydrogen) atoms. The summed E-state index contributed by atoms with van der Waals surface area (Å²) in [6.45, 7) is 24.0. The summed E-state index contributed by atoms with van der Waals surface area (Å²) in [7, 11) is 0. The van der Waals surface area contributed by atoms with Gasteiger partial charge in [-0.05, 0) is 239 Å². The molecule has 1 spiro atoms. The van der Waals surface area contributed by atoms with E-state index in [9.17, 15) is 0 Å². The molecule has 0 aliphatic heterocycles. The van der Waals surface area contributed by atoms with Crippen LogP contribution in [-0.2, 0) is 5.41 Å². The Kier molecular flexibility index (Phi) is 13.8. The molecule has 10 aromatic rings. The van der Waals surface area contributed by atoms with Gasteiger partial charge in [-0.1, -0.05) is 167 Å². The number of allylic oxidation sites excluding steroid dienone is 7. The summed E-state index contributed by atoms with van der Waals surface area (Å²) in [4.78, 5) is 9.67. The predicted molar refractivity (Wildman–Crippen MR) is 357 cm³/mol. The van der Waals surface area contributed by atoms with Gasteiger partial charge >= 0.3 is 0 Å². The Hall–Kier alpha value is -9.90. The zero-order valence-corrected chi connectivity index (χ0v) is 49.3. The first-order valence-corrected chi connectivity index (χ1v) is 29.4. The first-order chi connectivity index (χ1) is 40.8. The molecule has 0 radical (unpaired) electrons. The Morgan fingerprint density at radius 3 is 0.988 bits per heavy atom. The number of fused-ring (bicyclic) bond motifs is 10. The summed E-state index contributed by atoms with van der Waals surface area (Å²) < 4.78 is 0. The molecule has 0 unspecified atom stereocenters. The van der Waals surface area contributed by atoms with E-state index in [0.717, 1.165) is 81.0 Å². The van der Waals surface area contributed by atoms with E-state index in [1.807, 2.05) is 6.92 Å². The monoisotopic (exact) mass is 1090 g/mol. The van der Waals surface area contributed by atoms with Crippen LogP contribution in [0.2, 0.25) is 0 Å². The molecule has 3 aliphatic carbocycles. The van der Waals surface area contributed by atoms with Crippen LogP contribution in [0, 0.1) is 41.5 Å². The number of rotatable bonds is 14. The van der Waals surface area contributed by atoms with Gasteiger partial charge in [0.1, 0.15) is 0 Å². The average molecular weight is 1090 g/mol. The first kappa shape index (κ1) is 53.4. The lowest BCUT2D eigenvalue weighted by molar-refractivity contribution is 0.792. The van der Waals surface area contributed by atoms with Crippen LogP contribution < -0.4 is 19.6 Å². The largest absolute Gasteiger partial charge is 0.314 e. The molecule has 0 saturated carbocycles. The van der Waals surface area contributed by atoms with Crippen LogP contribution in [0.5, 0.6) is 0 Å². The summed E-state index contributed by atoms with van der Waals surface area (Å²) >= 11 is 0. The predicted octanol–water partition coefficient (Wildman–Crippen LogP) is 22.0. The van der Waals surface area contributed by atoms with Gasteiger partial charge in [0.2, 0.25) is 0 Å². The minimum Gasteiger partial charge on any atom is -0.314 e. The molecule has 3 aliphatic rings. The first-order valence-electron chi connectivity index (χ1n) is 29.4. The van der Waals surface area contributed by atoms with Crippen LogP contribution in [0.15, 0.2) is 279 Å². The van der Waals surface area contributed by atoms with Gasteiger partial charge in [-0.15, -0.1) is 0 Å². The molecule has 0 N–H and O–H groups in total. The van der Waals surface area contributed by atoms with Crippen molar-refractivity contribution in [2.75, 3.05) is 19.6 Å². The molecule has 0 saturated heterocycles. The number of aryl methyl sites for hydroxylation is 6. The molecule has 4 heteroatoms. The van der Waals surface area contributed by atoms with Crippen molar-refractivity contribution in [3.8, 4) is 22.3 Å². The third-order valence-electron chi connectivity index (χ3n) is 17.1. The standard InChI is InChI=1S/C80H70N4/c1-53(2)15-28-60(9)81(62-29-16-54(3)17-30-62)68-41-45-72-73-46-42-69(82(61-13-11-10-12-14-61)63-31-18-55(4)19-32-63)50-77(73)80(76(72)49-68)78-51-70(83(64-33-20-56(5)21-34-64)65-35-22-57(6)23-36-65)43-47-74(78)75-48-44-71(52-79(75)80)84(66-37-24-58(7)25-38-66)67-39-26-59(8)27-40-67/h10-11,13,15-52H,1,9,12,14H2,2-8H3/b28-15-. The van der Waals surface area contributed by atoms with Crippen molar-refractivity contribution >= 4 is 56.9 Å². The van der Waals surface area contributed by atoms with Crippen LogP contribution >= 0.6 is 0 Å². The Bertz CT molecular complexity index is 4030. The number of nitrogens with zero attached hydrogens (tertiary/aromatic N) is 4. The van der Waals surface area contributed by atoms with E-state index in [1.54, 1.807) is 0 Å². The molecule has 0 amide bonds. The fraction of sp³-hybridized carbons (Fsp3) is 0.125. The average Bonchev–Trinajstić information content (AvgIpc) is 1.59. The van der Waals surface area contributed by atoms with E-state index < -0.39 is 5.41 Å². The highest BCUT2D eigenvalue weighted by Crippen LogP contribution is 2.65. The quantitative estimate of drug-likeness (QED) is 0.101. The fourth-order valence-corrected chi connectivity index (χ4v) is 12.8. The van der Waals surface area contributed by atoms with Gasteiger partial charge in [-0.25, -0.2) is 0 Å². The summed E-state index contributed by atoms with van der Waals surface area (Å²) in [6.07, 6.45) is 12.9. The van der Waals surface area contributed by atoms with Crippen LogP contribution in [0.1, 0.15) is 75.4 Å². The Morgan fingerprint density at radius 2 is 0.655 bits per heavy atom. The van der Waals surface area contributed by atoms with Crippen molar-refractivity contribution in [2.24, 2.45) is 0 Å². The Balaban J connectivity index is 1.15. The lowest BCUT2D eigenvalue weighted by atomic mass is 9.70. The number of anilines is 10. The molecule has 0 fully saturated rings. The maximum Gasteiger partial charge on any atom is 0.0728 e. The summed E-state index contributed by atoms with van der Waals surface area (Å²) in [5.74, 6) is 0. The van der Waals surface area contributed by atoms with Crippen molar-refractivity contribution in [2.45, 2.75) is 66.7 Å². The van der Waals surface area contributed by atoms with Crippen LogP contribution in [0.4, 0.5) is 56.9 Å². The summed E-state index contributed by atoms with van der Waals surface area (Å²) in [6, 6.07) is 82.6. The molecule has 0 heterocycles. The van der Waals surface area contributed by atoms with Gasteiger partial charge in [-0.2, -0.15) is 0 Å². The topological polar surface area (TPSA) is 13.0 Å². The third-order valence-corrected chi connectivity index (χ3v) is 17.1. The van der Waals surface area contributed by atoms with Crippen LogP contribution in [0.25, 0.3) is 22.3 Å². The normalized spacial score (nSPS) is 13.2. The molecule has 0 bridgehead atoms. The van der Waals surface area contributed by atoms with E-state index >= 15 is 0 Å². The molecule has 0 atom stereocenters. The second kappa shape index (κ2) is 21.8. The lowest BCUT2D eigenvalue weighted by Gasteiger charge is -2.35. The lowest BCUT2D eigenvalue weighted by Crippen LogP contribution is -2.28. The van der Waals surface area contributed by atoms with Gasteiger partial charge in [0.15, 0.2) is 0 Å². The van der Waals surface area contributed by atoms with Crippen molar-refractivity contribution < 1.29 is 0 Å². The smallest absolute Gasteiger partial charge is 0.0728 e. The highest BCUT2D eigenvalue weighted by Gasteiger charge is 2.53. The van der Waals surface area contributed by atoms with Gasteiger partial charge in [0, 0.05) is 68.3 Å². The van der Waals surface area contributed by atoms with Gasteiger partial charge in [-0.3, -0.25) is 0 Å². The highest BCUT2D eigenvalue weighted by atomic mass is 15.2. The van der Waals surface area contributed by atoms with Crippen molar-refractivity contribution in [3.05, 3.63) is 335 Å². The second-order valence-electron chi connectivity index (χ2n) is 23.3. The van der Waals surface area contributed by atoms with E-state index in [1.165, 1.54) is 83.6 Å². The highest BCUT2D eigenvalue weighted by molar-refractivity contribution is 5.99. The van der Waals surface area contributed by atoms with E-state index in [4.69, 9.17) is 6.58 Å². The van der Waals surface area contributed by atoms with Crippen LogP contribution in [-0.4, -0.2) is 0 Å². The molecule has 410 valence electrons. The number of benzene rings is 10. The minimum atomic E-state index is -0.848. The zero-order valence-electron chi connectivity index (χ0n) is 49.3. The second-order valence-corrected chi connectivity index (χ2v) is 23.3. The zero-order chi connectivity index (χ0) is 57.8. The van der Waals surface area contributed by atoms with Crippen LogP contribution in [0.3, 0.4) is 0 Å². The van der Waals surface area contributed by atoms with Gasteiger partial charge in [0.05, 0.1) is 5.41 Å². The Morgan fingerprint density at radius 1 is 0.357 bits per heavy atom. The molecular weight excluding hydrogens is 1020 g/mol. The maximum atomic E-state index is 4.78. The van der Waals surface area contributed by atoms with E-state index in [2.05, 4.69) is 316 Å². The SMILES string of the molecule is C=C(C)/C=C\C(=C)N(c1ccc(C)cc1)c1ccc2c(c1)C1(c3cc(N(C4=CC=CCC4)c4ccc(C)cc4)ccc3-2)c2cc(N(c3ccc(C)cc3)c3ccc(C)cc3)ccc2-c2ccc(N(c3ccc(C)cc3)c3ccc(C)cc3)cc21.